The first-order valence-corrected chi connectivity index (χ1v) is 5.25. The Kier molecular flexibility index (Phi) is 4.55. The first kappa shape index (κ1) is 12.0. The molecule has 0 bridgehead atoms. The third kappa shape index (κ3) is 4.29. The van der Waals surface area contributed by atoms with E-state index in [-0.39, 0.29) is 11.8 Å². The van der Waals surface area contributed by atoms with Crippen molar-refractivity contribution in [2.75, 3.05) is 13.2 Å². The lowest BCUT2D eigenvalue weighted by molar-refractivity contribution is -0.119. The first-order chi connectivity index (χ1) is 7.09. The Morgan fingerprint density at radius 3 is 2.87 bits per heavy atom. The molecule has 1 aliphatic rings. The average molecular weight is 214 g/mol. The molecule has 1 heterocycles. The topological polar surface area (TPSA) is 81.4 Å². The van der Waals surface area contributed by atoms with E-state index < -0.39 is 6.09 Å². The molecule has 0 aromatic rings. The predicted molar refractivity (Wildman–Crippen MR) is 55.3 cm³/mol. The van der Waals surface area contributed by atoms with Crippen LogP contribution < -0.4 is 11.1 Å². The van der Waals surface area contributed by atoms with Crippen molar-refractivity contribution < 1.29 is 14.3 Å². The molecule has 1 saturated heterocycles. The monoisotopic (exact) mass is 214 g/mol. The number of piperidine rings is 1. The van der Waals surface area contributed by atoms with Gasteiger partial charge in [0.15, 0.2) is 0 Å². The van der Waals surface area contributed by atoms with Crippen LogP contribution in [0, 0.1) is 5.92 Å². The highest BCUT2D eigenvalue weighted by atomic mass is 16.5. The molecule has 2 unspecified atom stereocenters. The number of hydrogen-bond acceptors (Lipinski definition) is 4. The number of nitrogens with one attached hydrogen (secondary N) is 1. The van der Waals surface area contributed by atoms with E-state index in [9.17, 15) is 9.59 Å². The normalized spacial score (nSPS) is 25.9. The van der Waals surface area contributed by atoms with Gasteiger partial charge in [0.25, 0.3) is 0 Å². The Bertz CT molecular complexity index is 243. The lowest BCUT2D eigenvalue weighted by Gasteiger charge is -2.28. The van der Waals surface area contributed by atoms with Gasteiger partial charge in [-0.15, -0.1) is 0 Å². The molecular formula is C10H18N2O3. The highest BCUT2D eigenvalue weighted by Gasteiger charge is 2.24. The Balaban J connectivity index is 2.24. The van der Waals surface area contributed by atoms with Gasteiger partial charge in [0.1, 0.15) is 5.78 Å². The molecule has 1 amide bonds. The second kappa shape index (κ2) is 5.70. The summed E-state index contributed by atoms with van der Waals surface area (Å²) in [5, 5.41) is 3.17. The molecule has 5 nitrogen and oxygen atoms in total. The van der Waals surface area contributed by atoms with Gasteiger partial charge in [0, 0.05) is 0 Å². The van der Waals surface area contributed by atoms with Gasteiger partial charge in [-0.05, 0) is 38.6 Å². The maximum Gasteiger partial charge on any atom is 0.404 e. The largest absolute Gasteiger partial charge is 0.450 e. The lowest BCUT2D eigenvalue weighted by Crippen LogP contribution is -2.42. The minimum atomic E-state index is -0.730. The van der Waals surface area contributed by atoms with Gasteiger partial charge in [0.05, 0.1) is 12.6 Å². The van der Waals surface area contributed by atoms with E-state index in [0.29, 0.717) is 12.5 Å². The van der Waals surface area contributed by atoms with E-state index in [1.54, 1.807) is 6.92 Å². The van der Waals surface area contributed by atoms with Crippen molar-refractivity contribution in [1.29, 1.82) is 0 Å². The van der Waals surface area contributed by atoms with E-state index in [2.05, 4.69) is 10.1 Å². The van der Waals surface area contributed by atoms with E-state index in [4.69, 9.17) is 5.73 Å². The Labute approximate surface area is 89.3 Å². The number of ketones is 1. The fourth-order valence-corrected chi connectivity index (χ4v) is 1.89. The number of nitrogens with two attached hydrogens (primary N) is 1. The molecule has 1 rings (SSSR count). The highest BCUT2D eigenvalue weighted by molar-refractivity contribution is 5.81. The van der Waals surface area contributed by atoms with Crippen molar-refractivity contribution in [3.8, 4) is 0 Å². The van der Waals surface area contributed by atoms with Gasteiger partial charge < -0.3 is 15.8 Å². The van der Waals surface area contributed by atoms with E-state index in [0.717, 1.165) is 25.8 Å². The van der Waals surface area contributed by atoms with Crippen LogP contribution in [0.1, 0.15) is 26.2 Å². The van der Waals surface area contributed by atoms with E-state index in [1.807, 2.05) is 0 Å². The molecule has 1 fully saturated rings. The van der Waals surface area contributed by atoms with Gasteiger partial charge in [-0.2, -0.15) is 0 Å². The van der Waals surface area contributed by atoms with Crippen molar-refractivity contribution in [2.45, 2.75) is 32.2 Å². The number of hydrogen-bond donors (Lipinski definition) is 2. The second-order valence-electron chi connectivity index (χ2n) is 3.96. The molecule has 0 aromatic heterocycles. The number of primary amides is 1. The molecule has 86 valence electrons. The summed E-state index contributed by atoms with van der Waals surface area (Å²) in [6.07, 6.45) is 1.91. The van der Waals surface area contributed by atoms with Crippen LogP contribution in [0.2, 0.25) is 0 Å². The van der Waals surface area contributed by atoms with Gasteiger partial charge in [-0.25, -0.2) is 4.79 Å². The van der Waals surface area contributed by atoms with Gasteiger partial charge in [-0.1, -0.05) is 0 Å². The molecular weight excluding hydrogens is 196 g/mol. The van der Waals surface area contributed by atoms with Gasteiger partial charge >= 0.3 is 6.09 Å². The van der Waals surface area contributed by atoms with Crippen LogP contribution in [0.25, 0.3) is 0 Å². The maximum absolute atomic E-state index is 11.2. The highest BCUT2D eigenvalue weighted by Crippen LogP contribution is 2.20. The van der Waals surface area contributed by atoms with Crippen LogP contribution in [-0.4, -0.2) is 31.1 Å². The number of carbonyl (C=O) groups is 2. The number of carbonyl (C=O) groups excluding carboxylic acids is 2. The first-order valence-electron chi connectivity index (χ1n) is 5.25. The molecule has 2 atom stereocenters. The summed E-state index contributed by atoms with van der Waals surface area (Å²) in [6.45, 7) is 2.80. The smallest absolute Gasteiger partial charge is 0.404 e. The summed E-state index contributed by atoms with van der Waals surface area (Å²) < 4.78 is 4.67. The fraction of sp³-hybridized carbons (Fsp3) is 0.800. The van der Waals surface area contributed by atoms with Crippen LogP contribution in [0.5, 0.6) is 0 Å². The molecule has 3 N–H and O–H groups in total. The maximum atomic E-state index is 11.2. The van der Waals surface area contributed by atoms with Gasteiger partial charge in [0.2, 0.25) is 0 Å². The average Bonchev–Trinajstić information content (AvgIpc) is 2.17. The van der Waals surface area contributed by atoms with Crippen LogP contribution in [-0.2, 0) is 9.53 Å². The number of rotatable bonds is 4. The summed E-state index contributed by atoms with van der Waals surface area (Å²) in [5.74, 6) is 0.620. The molecule has 0 spiro atoms. The van der Waals surface area contributed by atoms with Crippen LogP contribution >= 0.6 is 0 Å². The zero-order chi connectivity index (χ0) is 11.3. The SMILES string of the molecule is CC(=O)C1CC(CCOC(N)=O)CCN1. The van der Waals surface area contributed by atoms with Crippen molar-refractivity contribution in [3.63, 3.8) is 0 Å². The molecule has 5 heteroatoms. The third-order valence-electron chi connectivity index (χ3n) is 2.77. The van der Waals surface area contributed by atoms with Crippen LogP contribution in [0.4, 0.5) is 4.79 Å². The quantitative estimate of drug-likeness (QED) is 0.711. The summed E-state index contributed by atoms with van der Waals surface area (Å²) in [7, 11) is 0. The Hall–Kier alpha value is -1.10. The molecule has 0 radical (unpaired) electrons. The fourth-order valence-electron chi connectivity index (χ4n) is 1.89. The Morgan fingerprint density at radius 2 is 2.27 bits per heavy atom. The zero-order valence-corrected chi connectivity index (χ0v) is 8.99. The molecule has 0 aliphatic carbocycles. The molecule has 1 aliphatic heterocycles. The predicted octanol–water partition coefficient (Wildman–Crippen LogP) is 0.429. The summed E-state index contributed by atoms with van der Waals surface area (Å²) in [5.41, 5.74) is 4.86. The van der Waals surface area contributed by atoms with Crippen molar-refractivity contribution >= 4 is 11.9 Å². The minimum Gasteiger partial charge on any atom is -0.450 e. The summed E-state index contributed by atoms with van der Waals surface area (Å²) >= 11 is 0. The zero-order valence-electron chi connectivity index (χ0n) is 8.99. The van der Waals surface area contributed by atoms with Crippen LogP contribution in [0.3, 0.4) is 0 Å². The van der Waals surface area contributed by atoms with Crippen molar-refractivity contribution in [1.82, 2.24) is 5.32 Å². The summed E-state index contributed by atoms with van der Waals surface area (Å²) in [6, 6.07) is -0.0303. The van der Waals surface area contributed by atoms with Crippen molar-refractivity contribution in [3.05, 3.63) is 0 Å². The Morgan fingerprint density at radius 1 is 1.53 bits per heavy atom. The van der Waals surface area contributed by atoms with E-state index >= 15 is 0 Å². The molecule has 15 heavy (non-hydrogen) atoms. The summed E-state index contributed by atoms with van der Waals surface area (Å²) in [4.78, 5) is 21.5. The van der Waals surface area contributed by atoms with E-state index in [1.165, 1.54) is 0 Å². The molecule has 0 aromatic carbocycles. The number of amides is 1. The lowest BCUT2D eigenvalue weighted by atomic mass is 9.89. The second-order valence-corrected chi connectivity index (χ2v) is 3.96. The van der Waals surface area contributed by atoms with Gasteiger partial charge in [-0.3, -0.25) is 4.79 Å². The number of Topliss-reactive ketones (excluding diaryl/α,β-unsaturated/α-hetero) is 1. The van der Waals surface area contributed by atoms with Crippen molar-refractivity contribution in [2.24, 2.45) is 11.7 Å². The third-order valence-corrected chi connectivity index (χ3v) is 2.77. The van der Waals surface area contributed by atoms with Crippen LogP contribution in [0.15, 0.2) is 0 Å². The minimum absolute atomic E-state index is 0.0303. The number of ether oxygens (including phenoxy) is 1. The molecule has 0 saturated carbocycles. The standard InChI is InChI=1S/C10H18N2O3/c1-7(13)9-6-8(2-4-12-9)3-5-15-10(11)14/h8-9,12H,2-6H2,1H3,(H2,11,14).